The van der Waals surface area contributed by atoms with Gasteiger partial charge in [0.15, 0.2) is 5.13 Å². The second-order valence-electron chi connectivity index (χ2n) is 3.95. The SMILES string of the molecule is Nc1ncc(CNC2COc3ccccc32)s1. The van der Waals surface area contributed by atoms with Gasteiger partial charge in [-0.15, -0.1) is 11.3 Å². The average molecular weight is 247 g/mol. The fourth-order valence-electron chi connectivity index (χ4n) is 1.96. The Balaban J connectivity index is 1.68. The van der Waals surface area contributed by atoms with E-state index in [1.165, 1.54) is 16.9 Å². The van der Waals surface area contributed by atoms with Crippen LogP contribution in [0, 0.1) is 0 Å². The van der Waals surface area contributed by atoms with Gasteiger partial charge in [0.25, 0.3) is 0 Å². The van der Waals surface area contributed by atoms with Gasteiger partial charge in [0, 0.05) is 23.2 Å². The number of thiazole rings is 1. The summed E-state index contributed by atoms with van der Waals surface area (Å²) in [6.07, 6.45) is 1.81. The lowest BCUT2D eigenvalue weighted by Gasteiger charge is -2.09. The van der Waals surface area contributed by atoms with Crippen LogP contribution >= 0.6 is 11.3 Å². The molecule has 0 saturated heterocycles. The minimum Gasteiger partial charge on any atom is -0.491 e. The van der Waals surface area contributed by atoms with E-state index in [-0.39, 0.29) is 6.04 Å². The molecule has 1 unspecified atom stereocenters. The van der Waals surface area contributed by atoms with Crippen LogP contribution in [0.15, 0.2) is 30.5 Å². The molecule has 1 atom stereocenters. The summed E-state index contributed by atoms with van der Waals surface area (Å²) in [5.41, 5.74) is 6.82. The Morgan fingerprint density at radius 3 is 3.18 bits per heavy atom. The number of nitrogens with zero attached hydrogens (tertiary/aromatic N) is 1. The van der Waals surface area contributed by atoms with Crippen molar-refractivity contribution < 1.29 is 4.74 Å². The number of fused-ring (bicyclic) bond motifs is 1. The van der Waals surface area contributed by atoms with Crippen LogP contribution in [0.3, 0.4) is 0 Å². The lowest BCUT2D eigenvalue weighted by molar-refractivity contribution is 0.311. The number of rotatable bonds is 3. The smallest absolute Gasteiger partial charge is 0.180 e. The molecule has 0 spiro atoms. The second-order valence-corrected chi connectivity index (χ2v) is 5.09. The van der Waals surface area contributed by atoms with Crippen LogP contribution in [-0.2, 0) is 6.54 Å². The Hall–Kier alpha value is -1.59. The lowest BCUT2D eigenvalue weighted by atomic mass is 10.1. The van der Waals surface area contributed by atoms with Gasteiger partial charge in [0.2, 0.25) is 0 Å². The Morgan fingerprint density at radius 1 is 1.47 bits per heavy atom. The standard InChI is InChI=1S/C12H13N3OS/c13-12-15-6-8(17-12)5-14-10-7-16-11-4-2-1-3-9(10)11/h1-4,6,10,14H,5,7H2,(H2,13,15). The Morgan fingerprint density at radius 2 is 2.35 bits per heavy atom. The van der Waals surface area contributed by atoms with E-state index in [1.807, 2.05) is 24.4 Å². The van der Waals surface area contributed by atoms with Gasteiger partial charge in [-0.2, -0.15) is 0 Å². The molecule has 4 nitrogen and oxygen atoms in total. The molecule has 1 aromatic heterocycles. The molecule has 0 saturated carbocycles. The van der Waals surface area contributed by atoms with Gasteiger partial charge in [-0.1, -0.05) is 18.2 Å². The summed E-state index contributed by atoms with van der Waals surface area (Å²) < 4.78 is 5.61. The van der Waals surface area contributed by atoms with Gasteiger partial charge < -0.3 is 15.8 Å². The summed E-state index contributed by atoms with van der Waals surface area (Å²) in [5, 5.41) is 4.07. The molecule has 3 rings (SSSR count). The van der Waals surface area contributed by atoms with Crippen molar-refractivity contribution in [2.75, 3.05) is 12.3 Å². The minimum absolute atomic E-state index is 0.259. The number of anilines is 1. The van der Waals surface area contributed by atoms with Crippen LogP contribution < -0.4 is 15.8 Å². The van der Waals surface area contributed by atoms with Crippen molar-refractivity contribution in [3.63, 3.8) is 0 Å². The van der Waals surface area contributed by atoms with Crippen molar-refractivity contribution in [2.24, 2.45) is 0 Å². The number of hydrogen-bond acceptors (Lipinski definition) is 5. The zero-order valence-electron chi connectivity index (χ0n) is 9.22. The zero-order chi connectivity index (χ0) is 11.7. The monoisotopic (exact) mass is 247 g/mol. The second kappa shape index (κ2) is 4.35. The van der Waals surface area contributed by atoms with Gasteiger partial charge >= 0.3 is 0 Å². The fourth-order valence-corrected chi connectivity index (χ4v) is 2.59. The van der Waals surface area contributed by atoms with Crippen molar-refractivity contribution in [3.8, 4) is 5.75 Å². The average Bonchev–Trinajstić information content (AvgIpc) is 2.93. The topological polar surface area (TPSA) is 60.2 Å². The van der Waals surface area contributed by atoms with Crippen molar-refractivity contribution in [1.29, 1.82) is 0 Å². The summed E-state index contributed by atoms with van der Waals surface area (Å²) in [5.74, 6) is 0.980. The first kappa shape index (κ1) is 10.6. The van der Waals surface area contributed by atoms with Crippen LogP contribution in [0.1, 0.15) is 16.5 Å². The largest absolute Gasteiger partial charge is 0.491 e. The summed E-state index contributed by atoms with van der Waals surface area (Å²) in [4.78, 5) is 5.18. The fraction of sp³-hybridized carbons (Fsp3) is 0.250. The molecule has 1 aromatic carbocycles. The number of nitrogens with one attached hydrogen (secondary N) is 1. The number of aromatic nitrogens is 1. The van der Waals surface area contributed by atoms with Crippen LogP contribution in [-0.4, -0.2) is 11.6 Å². The predicted octanol–water partition coefficient (Wildman–Crippen LogP) is 1.95. The molecule has 3 N–H and O–H groups in total. The van der Waals surface area contributed by atoms with E-state index in [1.54, 1.807) is 0 Å². The van der Waals surface area contributed by atoms with E-state index in [0.717, 1.165) is 17.2 Å². The molecule has 0 fully saturated rings. The minimum atomic E-state index is 0.259. The maximum atomic E-state index is 5.61. The number of ether oxygens (including phenoxy) is 1. The highest BCUT2D eigenvalue weighted by Crippen LogP contribution is 2.31. The van der Waals surface area contributed by atoms with E-state index >= 15 is 0 Å². The van der Waals surface area contributed by atoms with Crippen molar-refractivity contribution in [2.45, 2.75) is 12.6 Å². The molecule has 0 radical (unpaired) electrons. The van der Waals surface area contributed by atoms with Crippen molar-refractivity contribution in [1.82, 2.24) is 10.3 Å². The third kappa shape index (κ3) is 2.11. The zero-order valence-corrected chi connectivity index (χ0v) is 10.0. The van der Waals surface area contributed by atoms with Gasteiger partial charge in [-0.05, 0) is 6.07 Å². The molecule has 0 bridgehead atoms. The molecule has 5 heteroatoms. The Bertz CT molecular complexity index is 526. The first-order valence-electron chi connectivity index (χ1n) is 5.48. The molecule has 2 heterocycles. The highest BCUT2D eigenvalue weighted by atomic mass is 32.1. The van der Waals surface area contributed by atoms with Crippen LogP contribution in [0.25, 0.3) is 0 Å². The first-order chi connectivity index (χ1) is 8.33. The van der Waals surface area contributed by atoms with Gasteiger partial charge in [-0.3, -0.25) is 0 Å². The van der Waals surface area contributed by atoms with E-state index < -0.39 is 0 Å². The van der Waals surface area contributed by atoms with Crippen molar-refractivity contribution >= 4 is 16.5 Å². The Labute approximate surface area is 103 Å². The number of nitrogen functional groups attached to an aromatic ring is 1. The van der Waals surface area contributed by atoms with E-state index in [9.17, 15) is 0 Å². The van der Waals surface area contributed by atoms with Crippen LogP contribution in [0.4, 0.5) is 5.13 Å². The van der Waals surface area contributed by atoms with E-state index in [4.69, 9.17) is 10.5 Å². The Kier molecular flexibility index (Phi) is 2.70. The predicted molar refractivity (Wildman–Crippen MR) is 68.0 cm³/mol. The maximum absolute atomic E-state index is 5.61. The molecule has 2 aromatic rings. The van der Waals surface area contributed by atoms with Crippen LogP contribution in [0.5, 0.6) is 5.75 Å². The first-order valence-corrected chi connectivity index (χ1v) is 6.30. The summed E-state index contributed by atoms with van der Waals surface area (Å²) in [6, 6.07) is 8.38. The lowest BCUT2D eigenvalue weighted by Crippen LogP contribution is -2.21. The number of benzene rings is 1. The van der Waals surface area contributed by atoms with Crippen LogP contribution in [0.2, 0.25) is 0 Å². The molecule has 88 valence electrons. The van der Waals surface area contributed by atoms with E-state index in [2.05, 4.69) is 16.4 Å². The highest BCUT2D eigenvalue weighted by Gasteiger charge is 2.22. The number of nitrogens with two attached hydrogens (primary N) is 1. The third-order valence-corrected chi connectivity index (χ3v) is 3.62. The van der Waals surface area contributed by atoms with Gasteiger partial charge in [0.05, 0.1) is 6.04 Å². The molecule has 0 aliphatic carbocycles. The maximum Gasteiger partial charge on any atom is 0.180 e. The summed E-state index contributed by atoms with van der Waals surface area (Å²) in [7, 11) is 0. The third-order valence-electron chi connectivity index (χ3n) is 2.79. The number of para-hydroxylation sites is 1. The normalized spacial score (nSPS) is 17.8. The van der Waals surface area contributed by atoms with Crippen molar-refractivity contribution in [3.05, 3.63) is 40.9 Å². The van der Waals surface area contributed by atoms with Gasteiger partial charge in [-0.25, -0.2) is 4.98 Å². The quantitative estimate of drug-likeness (QED) is 0.870. The summed E-state index contributed by atoms with van der Waals surface area (Å²) in [6.45, 7) is 1.46. The molecular weight excluding hydrogens is 234 g/mol. The highest BCUT2D eigenvalue weighted by molar-refractivity contribution is 7.15. The molecular formula is C12H13N3OS. The molecule has 0 amide bonds. The molecule has 1 aliphatic heterocycles. The van der Waals surface area contributed by atoms with E-state index in [0.29, 0.717) is 11.7 Å². The number of hydrogen-bond donors (Lipinski definition) is 2. The molecule has 1 aliphatic rings. The summed E-state index contributed by atoms with van der Waals surface area (Å²) >= 11 is 1.52. The van der Waals surface area contributed by atoms with Gasteiger partial charge in [0.1, 0.15) is 12.4 Å². The molecule has 17 heavy (non-hydrogen) atoms.